The van der Waals surface area contributed by atoms with E-state index in [4.69, 9.17) is 0 Å². The summed E-state index contributed by atoms with van der Waals surface area (Å²) in [6.45, 7) is 16.8. The molecular formula is C20H42IN5O. The van der Waals surface area contributed by atoms with Gasteiger partial charge in [-0.3, -0.25) is 9.69 Å². The van der Waals surface area contributed by atoms with Gasteiger partial charge in [0, 0.05) is 24.7 Å². The van der Waals surface area contributed by atoms with Crippen LogP contribution in [-0.2, 0) is 4.79 Å². The van der Waals surface area contributed by atoms with Gasteiger partial charge in [0.1, 0.15) is 6.54 Å². The summed E-state index contributed by atoms with van der Waals surface area (Å²) in [6, 6.07) is 0.528. The smallest absolute Gasteiger partial charge is 0.242 e. The number of amides is 1. The van der Waals surface area contributed by atoms with Crippen LogP contribution in [0.2, 0.25) is 0 Å². The van der Waals surface area contributed by atoms with Crippen LogP contribution in [0, 0.1) is 5.92 Å². The van der Waals surface area contributed by atoms with Gasteiger partial charge < -0.3 is 16.0 Å². The topological polar surface area (TPSA) is 68.8 Å². The van der Waals surface area contributed by atoms with E-state index in [9.17, 15) is 4.79 Å². The van der Waals surface area contributed by atoms with E-state index in [0.29, 0.717) is 12.0 Å². The van der Waals surface area contributed by atoms with Crippen LogP contribution in [0.4, 0.5) is 0 Å². The lowest BCUT2D eigenvalue weighted by molar-refractivity contribution is -0.121. The predicted octanol–water partition coefficient (Wildman–Crippen LogP) is 2.97. The van der Waals surface area contributed by atoms with Crippen molar-refractivity contribution in [2.75, 3.05) is 32.7 Å². The molecule has 1 rings (SSSR count). The molecule has 1 heterocycles. The van der Waals surface area contributed by atoms with Gasteiger partial charge in [-0.2, -0.15) is 0 Å². The van der Waals surface area contributed by atoms with E-state index in [1.165, 1.54) is 38.8 Å². The number of carbonyl (C=O) groups excluding carboxylic acids is 1. The normalized spacial score (nSPS) is 16.8. The minimum Gasteiger partial charge on any atom is -0.357 e. The molecule has 7 heteroatoms. The van der Waals surface area contributed by atoms with Crippen molar-refractivity contribution in [2.45, 2.75) is 78.8 Å². The fraction of sp³-hybridized carbons (Fsp3) is 0.900. The van der Waals surface area contributed by atoms with Crippen LogP contribution >= 0.6 is 24.0 Å². The van der Waals surface area contributed by atoms with Crippen molar-refractivity contribution in [3.8, 4) is 0 Å². The van der Waals surface area contributed by atoms with Crippen LogP contribution in [0.15, 0.2) is 4.99 Å². The molecule has 0 bridgehead atoms. The van der Waals surface area contributed by atoms with Crippen molar-refractivity contribution in [1.29, 1.82) is 0 Å². The van der Waals surface area contributed by atoms with Crippen molar-refractivity contribution < 1.29 is 4.79 Å². The van der Waals surface area contributed by atoms with E-state index in [1.54, 1.807) is 0 Å². The van der Waals surface area contributed by atoms with Crippen LogP contribution < -0.4 is 16.0 Å². The molecule has 1 aliphatic rings. The molecule has 0 radical (unpaired) electrons. The molecule has 3 N–H and O–H groups in total. The van der Waals surface area contributed by atoms with E-state index in [2.05, 4.69) is 39.7 Å². The summed E-state index contributed by atoms with van der Waals surface area (Å²) >= 11 is 0. The maximum absolute atomic E-state index is 12.0. The molecule has 1 fully saturated rings. The zero-order chi connectivity index (χ0) is 19.6. The largest absolute Gasteiger partial charge is 0.357 e. The van der Waals surface area contributed by atoms with Gasteiger partial charge >= 0.3 is 0 Å². The summed E-state index contributed by atoms with van der Waals surface area (Å²) in [5, 5.41) is 9.70. The lowest BCUT2D eigenvalue weighted by Gasteiger charge is -2.34. The molecule has 0 aromatic heterocycles. The Morgan fingerprint density at radius 3 is 2.15 bits per heavy atom. The van der Waals surface area contributed by atoms with Crippen molar-refractivity contribution >= 4 is 35.8 Å². The molecule has 1 amide bonds. The van der Waals surface area contributed by atoms with E-state index in [1.807, 2.05) is 27.7 Å². The second-order valence-corrected chi connectivity index (χ2v) is 8.26. The highest BCUT2D eigenvalue weighted by atomic mass is 127. The average molecular weight is 495 g/mol. The number of aliphatic imine (C=N–C) groups is 1. The lowest BCUT2D eigenvalue weighted by Crippen LogP contribution is -2.49. The molecule has 0 aromatic carbocycles. The first-order valence-corrected chi connectivity index (χ1v) is 10.4. The van der Waals surface area contributed by atoms with Gasteiger partial charge in [-0.25, -0.2) is 4.99 Å². The third-order valence-corrected chi connectivity index (χ3v) is 4.92. The Morgan fingerprint density at radius 1 is 1.07 bits per heavy atom. The van der Waals surface area contributed by atoms with Crippen LogP contribution in [-0.4, -0.2) is 61.1 Å². The first-order valence-electron chi connectivity index (χ1n) is 10.4. The first-order chi connectivity index (χ1) is 12.3. The number of rotatable bonds is 9. The molecule has 0 aromatic rings. The average Bonchev–Trinajstić information content (AvgIpc) is 3.08. The molecule has 6 nitrogen and oxygen atoms in total. The van der Waals surface area contributed by atoms with Gasteiger partial charge in [0.25, 0.3) is 0 Å². The highest BCUT2D eigenvalue weighted by molar-refractivity contribution is 14.0. The number of nitrogens with zero attached hydrogens (tertiary/aromatic N) is 2. The molecule has 1 unspecified atom stereocenters. The SMILES string of the molecule is CCNC(=NCC(=O)NC(C)(C)C)NCC(C(CC)CC)N1CCCC1.I. The van der Waals surface area contributed by atoms with Crippen LogP contribution in [0.1, 0.15) is 67.2 Å². The Morgan fingerprint density at radius 2 is 1.67 bits per heavy atom. The van der Waals surface area contributed by atoms with Crippen LogP contribution in [0.3, 0.4) is 0 Å². The third kappa shape index (κ3) is 10.5. The van der Waals surface area contributed by atoms with Gasteiger partial charge in [0.05, 0.1) is 0 Å². The quantitative estimate of drug-likeness (QED) is 0.262. The number of guanidine groups is 1. The van der Waals surface area contributed by atoms with Gasteiger partial charge in [0.2, 0.25) is 5.91 Å². The molecule has 0 saturated carbocycles. The standard InChI is InChI=1S/C20H41N5O.HI/c1-7-16(8-2)17(25-12-10-11-13-25)14-22-19(21-9-3)23-15-18(26)24-20(4,5)6;/h16-17H,7-15H2,1-6H3,(H,24,26)(H2,21,22,23);1H. The molecule has 27 heavy (non-hydrogen) atoms. The highest BCUT2D eigenvalue weighted by Crippen LogP contribution is 2.22. The van der Waals surface area contributed by atoms with E-state index >= 15 is 0 Å². The van der Waals surface area contributed by atoms with Crippen LogP contribution in [0.25, 0.3) is 0 Å². The Kier molecular flexibility index (Phi) is 13.3. The highest BCUT2D eigenvalue weighted by Gasteiger charge is 2.27. The van der Waals surface area contributed by atoms with E-state index in [-0.39, 0.29) is 42.0 Å². The Hall–Kier alpha value is -0.570. The zero-order valence-corrected chi connectivity index (χ0v) is 20.6. The van der Waals surface area contributed by atoms with Gasteiger partial charge in [-0.05, 0) is 59.5 Å². The number of hydrogen-bond donors (Lipinski definition) is 3. The fourth-order valence-electron chi connectivity index (χ4n) is 3.65. The summed E-state index contributed by atoms with van der Waals surface area (Å²) in [6.07, 6.45) is 5.00. The minimum atomic E-state index is -0.227. The summed E-state index contributed by atoms with van der Waals surface area (Å²) in [7, 11) is 0. The summed E-state index contributed by atoms with van der Waals surface area (Å²) < 4.78 is 0. The molecule has 1 atom stereocenters. The second kappa shape index (κ2) is 13.6. The first kappa shape index (κ1) is 26.4. The third-order valence-electron chi connectivity index (χ3n) is 4.92. The van der Waals surface area contributed by atoms with E-state index in [0.717, 1.165) is 19.0 Å². The lowest BCUT2D eigenvalue weighted by atomic mass is 9.93. The number of likely N-dealkylation sites (tertiary alicyclic amines) is 1. The minimum absolute atomic E-state index is 0. The van der Waals surface area contributed by atoms with Gasteiger partial charge in [-0.1, -0.05) is 26.7 Å². The predicted molar refractivity (Wildman–Crippen MR) is 126 cm³/mol. The molecular weight excluding hydrogens is 453 g/mol. The summed E-state index contributed by atoms with van der Waals surface area (Å²) in [5.41, 5.74) is -0.227. The maximum atomic E-state index is 12.0. The number of carbonyl (C=O) groups is 1. The number of nitrogens with one attached hydrogen (secondary N) is 3. The van der Waals surface area contributed by atoms with E-state index < -0.39 is 0 Å². The molecule has 1 saturated heterocycles. The van der Waals surface area contributed by atoms with Crippen LogP contribution in [0.5, 0.6) is 0 Å². The summed E-state index contributed by atoms with van der Waals surface area (Å²) in [5.74, 6) is 1.37. The Bertz CT molecular complexity index is 438. The zero-order valence-electron chi connectivity index (χ0n) is 18.2. The molecule has 0 aliphatic carbocycles. The molecule has 1 aliphatic heterocycles. The van der Waals surface area contributed by atoms with Crippen molar-refractivity contribution in [2.24, 2.45) is 10.9 Å². The molecule has 0 spiro atoms. The van der Waals surface area contributed by atoms with Crippen molar-refractivity contribution in [1.82, 2.24) is 20.9 Å². The fourth-order valence-corrected chi connectivity index (χ4v) is 3.65. The Labute approximate surface area is 183 Å². The maximum Gasteiger partial charge on any atom is 0.242 e. The Balaban J connectivity index is 0.00000676. The van der Waals surface area contributed by atoms with Gasteiger partial charge in [0.15, 0.2) is 5.96 Å². The van der Waals surface area contributed by atoms with Gasteiger partial charge in [-0.15, -0.1) is 24.0 Å². The second-order valence-electron chi connectivity index (χ2n) is 8.26. The number of halogens is 1. The monoisotopic (exact) mass is 495 g/mol. The molecule has 160 valence electrons. The van der Waals surface area contributed by atoms with Crippen molar-refractivity contribution in [3.63, 3.8) is 0 Å². The number of hydrogen-bond acceptors (Lipinski definition) is 3. The van der Waals surface area contributed by atoms with Crippen molar-refractivity contribution in [3.05, 3.63) is 0 Å². The summed E-state index contributed by atoms with van der Waals surface area (Å²) in [4.78, 5) is 19.1.